The van der Waals surface area contributed by atoms with Crippen LogP contribution in [0.1, 0.15) is 28.8 Å². The third kappa shape index (κ3) is 4.25. The molecule has 0 unspecified atom stereocenters. The number of nitrogens with zero attached hydrogens (tertiary/aromatic N) is 1. The molecule has 7 heteroatoms. The van der Waals surface area contributed by atoms with E-state index in [1.54, 1.807) is 17.9 Å². The van der Waals surface area contributed by atoms with Gasteiger partial charge in [-0.1, -0.05) is 6.07 Å². The van der Waals surface area contributed by atoms with Gasteiger partial charge in [0.25, 0.3) is 5.91 Å². The fraction of sp³-hybridized carbons (Fsp3) is 0.500. The minimum atomic E-state index is -3.24. The number of carbonyl (C=O) groups is 1. The summed E-state index contributed by atoms with van der Waals surface area (Å²) >= 11 is 0. The number of piperidine rings is 1. The van der Waals surface area contributed by atoms with Crippen LogP contribution in [0.3, 0.4) is 0 Å². The number of nitrogens with one attached hydrogen (secondary N) is 1. The number of carbonyl (C=O) groups excluding carboxylic acids is 1. The maximum Gasteiger partial charge on any atom is 0.256 e. The average Bonchev–Trinajstić information content (AvgIpc) is 2.37. The summed E-state index contributed by atoms with van der Waals surface area (Å²) in [4.78, 5) is 13.8. The van der Waals surface area contributed by atoms with Gasteiger partial charge in [0.1, 0.15) is 5.82 Å². The van der Waals surface area contributed by atoms with Crippen molar-refractivity contribution in [2.45, 2.75) is 25.8 Å². The predicted molar refractivity (Wildman–Crippen MR) is 78.0 cm³/mol. The number of hydrogen-bond acceptors (Lipinski definition) is 3. The lowest BCUT2D eigenvalue weighted by atomic mass is 10.0. The van der Waals surface area contributed by atoms with Crippen LogP contribution < -0.4 is 4.72 Å². The Morgan fingerprint density at radius 2 is 1.95 bits per heavy atom. The standard InChI is InChI=1S/C14H19FN2O3S/c1-10-3-4-12(13(15)9-10)14(18)17-7-5-11(6-8-17)16-21(2,19)20/h3-4,9,11,16H,5-8H2,1-2H3. The van der Waals surface area contributed by atoms with E-state index < -0.39 is 15.8 Å². The molecular formula is C14H19FN2O3S. The number of hydrogen-bond donors (Lipinski definition) is 1. The first kappa shape index (κ1) is 15.9. The minimum absolute atomic E-state index is 0.0649. The van der Waals surface area contributed by atoms with Gasteiger partial charge in [-0.2, -0.15) is 0 Å². The summed E-state index contributed by atoms with van der Waals surface area (Å²) in [5, 5.41) is 0. The largest absolute Gasteiger partial charge is 0.338 e. The lowest BCUT2D eigenvalue weighted by molar-refractivity contribution is 0.0706. The van der Waals surface area contributed by atoms with Crippen LogP contribution in [0.4, 0.5) is 4.39 Å². The van der Waals surface area contributed by atoms with E-state index in [9.17, 15) is 17.6 Å². The molecule has 1 heterocycles. The molecule has 1 N–H and O–H groups in total. The number of sulfonamides is 1. The number of aryl methyl sites for hydroxylation is 1. The molecule has 1 fully saturated rings. The molecule has 0 aliphatic carbocycles. The van der Waals surface area contributed by atoms with Crippen LogP contribution in [0.15, 0.2) is 18.2 Å². The zero-order valence-electron chi connectivity index (χ0n) is 12.1. The summed E-state index contributed by atoms with van der Waals surface area (Å²) in [6.07, 6.45) is 2.19. The second kappa shape index (κ2) is 6.11. The van der Waals surface area contributed by atoms with E-state index in [0.717, 1.165) is 11.8 Å². The monoisotopic (exact) mass is 314 g/mol. The van der Waals surface area contributed by atoms with Crippen LogP contribution in [-0.4, -0.2) is 44.6 Å². The Morgan fingerprint density at radius 1 is 1.33 bits per heavy atom. The van der Waals surface area contributed by atoms with Crippen molar-refractivity contribution < 1.29 is 17.6 Å². The number of halogens is 1. The minimum Gasteiger partial charge on any atom is -0.338 e. The highest BCUT2D eigenvalue weighted by Crippen LogP contribution is 2.17. The summed E-state index contributed by atoms with van der Waals surface area (Å²) in [5.74, 6) is -0.860. The van der Waals surface area contributed by atoms with E-state index >= 15 is 0 Å². The van der Waals surface area contributed by atoms with E-state index in [4.69, 9.17) is 0 Å². The van der Waals surface area contributed by atoms with Gasteiger partial charge in [-0.05, 0) is 37.5 Å². The van der Waals surface area contributed by atoms with Gasteiger partial charge in [0.05, 0.1) is 11.8 Å². The Hall–Kier alpha value is -1.47. The molecule has 1 aliphatic heterocycles. The molecule has 0 saturated carbocycles. The topological polar surface area (TPSA) is 66.5 Å². The molecule has 5 nitrogen and oxygen atoms in total. The molecule has 0 radical (unpaired) electrons. The highest BCUT2D eigenvalue weighted by molar-refractivity contribution is 7.88. The van der Waals surface area contributed by atoms with Crippen molar-refractivity contribution in [3.8, 4) is 0 Å². The van der Waals surface area contributed by atoms with E-state index in [2.05, 4.69) is 4.72 Å². The van der Waals surface area contributed by atoms with Gasteiger partial charge in [0.15, 0.2) is 0 Å². The summed E-state index contributed by atoms with van der Waals surface area (Å²) in [5.41, 5.74) is 0.829. The molecule has 1 amide bonds. The quantitative estimate of drug-likeness (QED) is 0.914. The van der Waals surface area contributed by atoms with Gasteiger partial charge in [-0.3, -0.25) is 4.79 Å². The zero-order chi connectivity index (χ0) is 15.6. The lowest BCUT2D eigenvalue weighted by Gasteiger charge is -2.32. The SMILES string of the molecule is Cc1ccc(C(=O)N2CCC(NS(C)(=O)=O)CC2)c(F)c1. The first-order chi connectivity index (χ1) is 9.76. The maximum absolute atomic E-state index is 13.8. The zero-order valence-corrected chi connectivity index (χ0v) is 12.9. The number of benzene rings is 1. The van der Waals surface area contributed by atoms with Crippen LogP contribution in [-0.2, 0) is 10.0 Å². The molecule has 1 aromatic carbocycles. The fourth-order valence-electron chi connectivity index (χ4n) is 2.47. The van der Waals surface area contributed by atoms with Crippen LogP contribution in [0, 0.1) is 12.7 Å². The Kier molecular flexibility index (Phi) is 4.63. The molecule has 21 heavy (non-hydrogen) atoms. The summed E-state index contributed by atoms with van der Waals surface area (Å²) < 4.78 is 38.7. The molecule has 1 saturated heterocycles. The molecule has 0 aromatic heterocycles. The number of amides is 1. The smallest absolute Gasteiger partial charge is 0.256 e. The highest BCUT2D eigenvalue weighted by atomic mass is 32.2. The summed E-state index contributed by atoms with van der Waals surface area (Å²) in [6, 6.07) is 4.37. The van der Waals surface area contributed by atoms with Gasteiger partial charge in [-0.25, -0.2) is 17.5 Å². The molecule has 1 aromatic rings. The van der Waals surface area contributed by atoms with Gasteiger partial charge in [-0.15, -0.1) is 0 Å². The Labute approximate surface area is 124 Å². The van der Waals surface area contributed by atoms with E-state index in [-0.39, 0.29) is 17.5 Å². The summed E-state index contributed by atoms with van der Waals surface area (Å²) in [7, 11) is -3.24. The van der Waals surface area contributed by atoms with Crippen molar-refractivity contribution in [2.24, 2.45) is 0 Å². The normalized spacial score (nSPS) is 17.0. The Balaban J connectivity index is 2.00. The second-order valence-corrected chi connectivity index (χ2v) is 7.22. The maximum atomic E-state index is 13.8. The molecule has 0 atom stereocenters. The van der Waals surface area contributed by atoms with Gasteiger partial charge in [0, 0.05) is 19.1 Å². The summed E-state index contributed by atoms with van der Waals surface area (Å²) in [6.45, 7) is 2.60. The predicted octanol–water partition coefficient (Wildman–Crippen LogP) is 1.29. The first-order valence-electron chi connectivity index (χ1n) is 6.79. The lowest BCUT2D eigenvalue weighted by Crippen LogP contribution is -2.46. The van der Waals surface area contributed by atoms with Crippen molar-refractivity contribution in [1.82, 2.24) is 9.62 Å². The van der Waals surface area contributed by atoms with Crippen molar-refractivity contribution in [3.05, 3.63) is 35.1 Å². The molecule has 0 bridgehead atoms. The number of likely N-dealkylation sites (tertiary alicyclic amines) is 1. The van der Waals surface area contributed by atoms with Crippen LogP contribution in [0.5, 0.6) is 0 Å². The molecule has 0 spiro atoms. The van der Waals surface area contributed by atoms with Crippen LogP contribution in [0.25, 0.3) is 0 Å². The first-order valence-corrected chi connectivity index (χ1v) is 8.68. The van der Waals surface area contributed by atoms with E-state index in [0.29, 0.717) is 25.9 Å². The van der Waals surface area contributed by atoms with Gasteiger partial charge < -0.3 is 4.90 Å². The highest BCUT2D eigenvalue weighted by Gasteiger charge is 2.26. The van der Waals surface area contributed by atoms with E-state index in [1.165, 1.54) is 12.1 Å². The molecule has 116 valence electrons. The van der Waals surface area contributed by atoms with Crippen molar-refractivity contribution in [2.75, 3.05) is 19.3 Å². The number of rotatable bonds is 3. The molecular weight excluding hydrogens is 295 g/mol. The fourth-order valence-corrected chi connectivity index (χ4v) is 3.31. The molecule has 2 rings (SSSR count). The van der Waals surface area contributed by atoms with Gasteiger partial charge in [0.2, 0.25) is 10.0 Å². The average molecular weight is 314 g/mol. The van der Waals surface area contributed by atoms with Crippen molar-refractivity contribution in [1.29, 1.82) is 0 Å². The second-order valence-electron chi connectivity index (χ2n) is 5.44. The van der Waals surface area contributed by atoms with Crippen LogP contribution >= 0.6 is 0 Å². The van der Waals surface area contributed by atoms with Crippen LogP contribution in [0.2, 0.25) is 0 Å². The molecule has 1 aliphatic rings. The Morgan fingerprint density at radius 3 is 2.48 bits per heavy atom. The van der Waals surface area contributed by atoms with Crippen molar-refractivity contribution >= 4 is 15.9 Å². The van der Waals surface area contributed by atoms with E-state index in [1.807, 2.05) is 0 Å². The third-order valence-electron chi connectivity index (χ3n) is 3.52. The Bertz CT molecular complexity index is 638. The van der Waals surface area contributed by atoms with Gasteiger partial charge >= 0.3 is 0 Å². The van der Waals surface area contributed by atoms with Crippen molar-refractivity contribution in [3.63, 3.8) is 0 Å². The third-order valence-corrected chi connectivity index (χ3v) is 4.28.